The number of nitrogens with two attached hydrogens (primary N) is 1. The van der Waals surface area contributed by atoms with E-state index in [4.69, 9.17) is 10.8 Å². The number of carboxylic acids is 1. The molecule has 1 heterocycles. The summed E-state index contributed by atoms with van der Waals surface area (Å²) in [6.07, 6.45) is 0.973. The van der Waals surface area contributed by atoms with Gasteiger partial charge in [0.15, 0.2) is 0 Å². The molecule has 0 aromatic rings. The van der Waals surface area contributed by atoms with Crippen molar-refractivity contribution in [2.45, 2.75) is 37.8 Å². The highest BCUT2D eigenvalue weighted by atomic mass is 16.4. The van der Waals surface area contributed by atoms with Crippen LogP contribution in [-0.2, 0) is 9.59 Å². The van der Waals surface area contributed by atoms with Crippen LogP contribution in [0, 0.1) is 0 Å². The number of carboxylic acid groups (broad SMARTS) is 1. The number of likely N-dealkylation sites (tertiary alicyclic amines) is 1. The highest BCUT2D eigenvalue weighted by Crippen LogP contribution is 2.20. The maximum absolute atomic E-state index is 11.7. The Morgan fingerprint density at radius 2 is 2.19 bits per heavy atom. The number of rotatable bonds is 3. The summed E-state index contributed by atoms with van der Waals surface area (Å²) in [6.45, 7) is 2.41. The maximum atomic E-state index is 11.7. The summed E-state index contributed by atoms with van der Waals surface area (Å²) in [6, 6.07) is -1.02. The third kappa shape index (κ3) is 3.46. The lowest BCUT2D eigenvalue weighted by molar-refractivity contribution is -0.144. The van der Waals surface area contributed by atoms with Crippen molar-refractivity contribution in [2.75, 3.05) is 13.1 Å². The average Bonchev–Trinajstić information content (AvgIpc) is 2.13. The number of hydrogen-bond acceptors (Lipinski definition) is 4. The zero-order valence-corrected chi connectivity index (χ0v) is 9.35. The number of nitrogens with zero attached hydrogens (tertiary/aromatic N) is 1. The van der Waals surface area contributed by atoms with Crippen molar-refractivity contribution in [1.29, 1.82) is 0 Å². The molecular weight excluding hydrogens is 212 g/mol. The minimum atomic E-state index is -1.09. The summed E-state index contributed by atoms with van der Waals surface area (Å²) in [5.74, 6) is -1.49. The molecule has 0 saturated carbocycles. The van der Waals surface area contributed by atoms with E-state index < -0.39 is 23.5 Å². The van der Waals surface area contributed by atoms with Crippen LogP contribution in [0.1, 0.15) is 26.2 Å². The maximum Gasteiger partial charge on any atom is 0.305 e. The number of β-amino-alcohol motifs (C(OH)–C–C–N with tert-alkyl or cyclic N) is 1. The Morgan fingerprint density at radius 1 is 1.56 bits per heavy atom. The van der Waals surface area contributed by atoms with Gasteiger partial charge in [0.05, 0.1) is 18.1 Å². The highest BCUT2D eigenvalue weighted by molar-refractivity contribution is 5.86. The van der Waals surface area contributed by atoms with Crippen LogP contribution < -0.4 is 5.73 Å². The first-order valence-corrected chi connectivity index (χ1v) is 5.30. The molecule has 1 fully saturated rings. The van der Waals surface area contributed by atoms with E-state index in [0.717, 1.165) is 0 Å². The van der Waals surface area contributed by atoms with Gasteiger partial charge in [0, 0.05) is 13.1 Å². The first-order valence-electron chi connectivity index (χ1n) is 5.30. The average molecular weight is 230 g/mol. The van der Waals surface area contributed by atoms with E-state index in [1.54, 1.807) is 6.92 Å². The quantitative estimate of drug-likeness (QED) is 0.586. The minimum Gasteiger partial charge on any atom is -0.481 e. The lowest BCUT2D eigenvalue weighted by Gasteiger charge is -2.37. The molecule has 0 aliphatic carbocycles. The van der Waals surface area contributed by atoms with Gasteiger partial charge >= 0.3 is 5.97 Å². The molecule has 0 radical (unpaired) electrons. The Morgan fingerprint density at radius 3 is 2.69 bits per heavy atom. The molecule has 1 amide bonds. The van der Waals surface area contributed by atoms with E-state index >= 15 is 0 Å². The molecule has 4 N–H and O–H groups in total. The molecule has 0 aromatic carbocycles. The van der Waals surface area contributed by atoms with Crippen LogP contribution in [0.2, 0.25) is 0 Å². The van der Waals surface area contributed by atoms with Gasteiger partial charge in [-0.1, -0.05) is 0 Å². The molecule has 0 aromatic heterocycles. The molecule has 0 bridgehead atoms. The second kappa shape index (κ2) is 4.80. The van der Waals surface area contributed by atoms with Gasteiger partial charge in [-0.3, -0.25) is 9.59 Å². The summed E-state index contributed by atoms with van der Waals surface area (Å²) in [4.78, 5) is 23.6. The molecule has 1 aliphatic rings. The van der Waals surface area contributed by atoms with Crippen LogP contribution in [0.3, 0.4) is 0 Å². The molecule has 6 nitrogen and oxygen atoms in total. The van der Waals surface area contributed by atoms with E-state index in [-0.39, 0.29) is 13.0 Å². The van der Waals surface area contributed by atoms with Crippen molar-refractivity contribution in [3.05, 3.63) is 0 Å². The van der Waals surface area contributed by atoms with Crippen molar-refractivity contribution in [2.24, 2.45) is 5.73 Å². The van der Waals surface area contributed by atoms with Crippen molar-refractivity contribution in [3.8, 4) is 0 Å². The fourth-order valence-corrected chi connectivity index (χ4v) is 1.92. The third-order valence-corrected chi connectivity index (χ3v) is 2.70. The smallest absolute Gasteiger partial charge is 0.305 e. The second-order valence-corrected chi connectivity index (χ2v) is 4.56. The van der Waals surface area contributed by atoms with Gasteiger partial charge in [0.1, 0.15) is 0 Å². The van der Waals surface area contributed by atoms with Crippen molar-refractivity contribution in [3.63, 3.8) is 0 Å². The van der Waals surface area contributed by atoms with Gasteiger partial charge in [-0.15, -0.1) is 0 Å². The fourth-order valence-electron chi connectivity index (χ4n) is 1.92. The fraction of sp³-hybridized carbons (Fsp3) is 0.800. The Balaban J connectivity index is 2.56. The first-order chi connectivity index (χ1) is 7.32. The van der Waals surface area contributed by atoms with E-state index in [1.807, 2.05) is 0 Å². The predicted octanol–water partition coefficient (Wildman–Crippen LogP) is -0.838. The van der Waals surface area contributed by atoms with Gasteiger partial charge < -0.3 is 20.8 Å². The van der Waals surface area contributed by atoms with Crippen LogP contribution in [-0.4, -0.2) is 51.7 Å². The van der Waals surface area contributed by atoms with Crippen LogP contribution in [0.5, 0.6) is 0 Å². The van der Waals surface area contributed by atoms with Crippen LogP contribution >= 0.6 is 0 Å². The highest BCUT2D eigenvalue weighted by Gasteiger charge is 2.33. The summed E-state index contributed by atoms with van der Waals surface area (Å²) in [5.41, 5.74) is 4.59. The van der Waals surface area contributed by atoms with Gasteiger partial charge in [0.2, 0.25) is 5.91 Å². The number of hydrogen-bond donors (Lipinski definition) is 3. The first kappa shape index (κ1) is 12.9. The Kier molecular flexibility index (Phi) is 3.88. The monoisotopic (exact) mass is 230 g/mol. The van der Waals surface area contributed by atoms with Gasteiger partial charge in [-0.25, -0.2) is 0 Å². The SMILES string of the molecule is CC1(O)CCCN(C(=O)C(N)CC(=O)O)C1. The number of carbonyl (C=O) groups excluding carboxylic acids is 1. The number of aliphatic hydroxyl groups is 1. The largest absolute Gasteiger partial charge is 0.481 e. The molecule has 6 heteroatoms. The van der Waals surface area contributed by atoms with Crippen LogP contribution in [0.4, 0.5) is 0 Å². The lowest BCUT2D eigenvalue weighted by atomic mass is 9.94. The molecule has 92 valence electrons. The molecule has 1 rings (SSSR count). The zero-order valence-electron chi connectivity index (χ0n) is 9.35. The van der Waals surface area contributed by atoms with Gasteiger partial charge in [0.25, 0.3) is 0 Å². The summed E-state index contributed by atoms with van der Waals surface area (Å²) < 4.78 is 0. The van der Waals surface area contributed by atoms with Gasteiger partial charge in [-0.2, -0.15) is 0 Å². The Hall–Kier alpha value is -1.14. The van der Waals surface area contributed by atoms with Crippen LogP contribution in [0.25, 0.3) is 0 Å². The van der Waals surface area contributed by atoms with Crippen molar-refractivity contribution < 1.29 is 19.8 Å². The summed E-state index contributed by atoms with van der Waals surface area (Å²) >= 11 is 0. The topological polar surface area (TPSA) is 104 Å². The minimum absolute atomic E-state index is 0.221. The standard InChI is InChI=1S/C10H18N2O4/c1-10(16)3-2-4-12(6-10)9(15)7(11)5-8(13)14/h7,16H,2-6,11H2,1H3,(H,13,14). The Bertz CT molecular complexity index is 291. The van der Waals surface area contributed by atoms with Crippen molar-refractivity contribution in [1.82, 2.24) is 4.90 Å². The van der Waals surface area contributed by atoms with E-state index in [9.17, 15) is 14.7 Å². The number of carbonyl (C=O) groups is 2. The number of amides is 1. The summed E-state index contributed by atoms with van der Waals surface area (Å²) in [5, 5.41) is 18.3. The predicted molar refractivity (Wildman–Crippen MR) is 56.7 cm³/mol. The molecule has 1 aliphatic heterocycles. The zero-order chi connectivity index (χ0) is 12.3. The normalized spacial score (nSPS) is 27.6. The molecule has 16 heavy (non-hydrogen) atoms. The third-order valence-electron chi connectivity index (χ3n) is 2.70. The summed E-state index contributed by atoms with van der Waals surface area (Å²) in [7, 11) is 0. The van der Waals surface area contributed by atoms with Gasteiger partial charge in [-0.05, 0) is 19.8 Å². The van der Waals surface area contributed by atoms with E-state index in [0.29, 0.717) is 19.4 Å². The number of piperidine rings is 1. The molecule has 1 saturated heterocycles. The van der Waals surface area contributed by atoms with Crippen molar-refractivity contribution >= 4 is 11.9 Å². The second-order valence-electron chi connectivity index (χ2n) is 4.56. The molecule has 2 atom stereocenters. The molecule has 2 unspecified atom stereocenters. The molecular formula is C10H18N2O4. The number of aliphatic carboxylic acids is 1. The lowest BCUT2D eigenvalue weighted by Crippen LogP contribution is -2.53. The van der Waals surface area contributed by atoms with Crippen LogP contribution in [0.15, 0.2) is 0 Å². The Labute approximate surface area is 94.0 Å². The molecule has 0 spiro atoms. The van der Waals surface area contributed by atoms with E-state index in [2.05, 4.69) is 0 Å². The van der Waals surface area contributed by atoms with E-state index in [1.165, 1.54) is 4.90 Å².